The molecule has 0 aromatic carbocycles. The number of nitrogens with two attached hydrogens (primary N) is 1. The van der Waals surface area contributed by atoms with Gasteiger partial charge in [0.2, 0.25) is 0 Å². The van der Waals surface area contributed by atoms with Gasteiger partial charge in [-0.25, -0.2) is 4.98 Å². The molecule has 0 spiro atoms. The molecule has 1 heterocycles. The molecule has 0 saturated heterocycles. The van der Waals surface area contributed by atoms with Crippen LogP contribution in [0.4, 0.5) is 0 Å². The van der Waals surface area contributed by atoms with Gasteiger partial charge in [-0.05, 0) is 25.7 Å². The second-order valence-corrected chi connectivity index (χ2v) is 5.64. The summed E-state index contributed by atoms with van der Waals surface area (Å²) in [5, 5.41) is 3.31. The normalized spacial score (nSPS) is 13.2. The fraction of sp³-hybridized carbons (Fsp3) is 0.769. The van der Waals surface area contributed by atoms with Crippen molar-refractivity contribution < 1.29 is 0 Å². The molecule has 1 unspecified atom stereocenters. The average molecular weight is 255 g/mol. The van der Waals surface area contributed by atoms with Gasteiger partial charge in [0.25, 0.3) is 0 Å². The fourth-order valence-corrected chi connectivity index (χ4v) is 3.17. The molecule has 17 heavy (non-hydrogen) atoms. The summed E-state index contributed by atoms with van der Waals surface area (Å²) in [4.78, 5) is 4.52. The molecule has 0 bridgehead atoms. The van der Waals surface area contributed by atoms with E-state index >= 15 is 0 Å². The average Bonchev–Trinajstić information content (AvgIpc) is 2.72. The van der Waals surface area contributed by atoms with Crippen molar-refractivity contribution in [2.45, 2.75) is 58.9 Å². The highest BCUT2D eigenvalue weighted by Crippen LogP contribution is 2.21. The van der Waals surface area contributed by atoms with Crippen molar-refractivity contribution in [2.24, 2.45) is 11.8 Å². The third-order valence-electron chi connectivity index (χ3n) is 3.16. The number of hydrogen-bond donors (Lipinski definition) is 2. The Morgan fingerprint density at radius 3 is 2.41 bits per heavy atom. The minimum Gasteiger partial charge on any atom is -0.271 e. The Labute approximate surface area is 109 Å². The molecule has 1 aromatic rings. The third kappa shape index (κ3) is 4.74. The molecule has 3 nitrogen and oxygen atoms in total. The molecule has 1 aromatic heterocycles. The second-order valence-electron chi connectivity index (χ2n) is 4.70. The van der Waals surface area contributed by atoms with Gasteiger partial charge < -0.3 is 0 Å². The molecule has 0 amide bonds. The van der Waals surface area contributed by atoms with E-state index in [1.165, 1.54) is 30.7 Å². The van der Waals surface area contributed by atoms with Gasteiger partial charge in [-0.15, -0.1) is 11.3 Å². The van der Waals surface area contributed by atoms with Gasteiger partial charge in [0.15, 0.2) is 0 Å². The van der Waals surface area contributed by atoms with Crippen LogP contribution in [0.3, 0.4) is 0 Å². The van der Waals surface area contributed by atoms with Gasteiger partial charge in [0.1, 0.15) is 0 Å². The number of hydrazine groups is 1. The Kier molecular flexibility index (Phi) is 6.70. The zero-order chi connectivity index (χ0) is 12.7. The van der Waals surface area contributed by atoms with Crippen molar-refractivity contribution in [3.05, 3.63) is 16.1 Å². The Morgan fingerprint density at radius 2 is 2.00 bits per heavy atom. The van der Waals surface area contributed by atoms with E-state index in [4.69, 9.17) is 5.84 Å². The largest absolute Gasteiger partial charge is 0.271 e. The highest BCUT2D eigenvalue weighted by molar-refractivity contribution is 7.09. The second kappa shape index (κ2) is 7.80. The van der Waals surface area contributed by atoms with Crippen LogP contribution in [0.1, 0.15) is 50.2 Å². The summed E-state index contributed by atoms with van der Waals surface area (Å²) < 4.78 is 0. The molecule has 4 heteroatoms. The maximum absolute atomic E-state index is 5.72. The van der Waals surface area contributed by atoms with Gasteiger partial charge in [-0.3, -0.25) is 11.3 Å². The Bertz CT molecular complexity index is 305. The van der Waals surface area contributed by atoms with Crippen LogP contribution >= 0.6 is 11.3 Å². The number of rotatable bonds is 8. The van der Waals surface area contributed by atoms with E-state index in [1.54, 1.807) is 11.3 Å². The van der Waals surface area contributed by atoms with E-state index in [0.717, 1.165) is 12.1 Å². The lowest BCUT2D eigenvalue weighted by Crippen LogP contribution is -2.42. The zero-order valence-corrected chi connectivity index (χ0v) is 12.0. The number of hydrogen-bond acceptors (Lipinski definition) is 4. The van der Waals surface area contributed by atoms with Gasteiger partial charge >= 0.3 is 0 Å². The van der Waals surface area contributed by atoms with Crippen LogP contribution in [0, 0.1) is 12.8 Å². The van der Waals surface area contributed by atoms with Crippen LogP contribution in [0.2, 0.25) is 0 Å². The molecule has 1 rings (SSSR count). The molecule has 0 aliphatic carbocycles. The molecular formula is C13H25N3S. The maximum Gasteiger partial charge on any atom is 0.0944 e. The predicted molar refractivity (Wildman–Crippen MR) is 75.0 cm³/mol. The summed E-state index contributed by atoms with van der Waals surface area (Å²) in [7, 11) is 0. The zero-order valence-electron chi connectivity index (χ0n) is 11.2. The monoisotopic (exact) mass is 255 g/mol. The smallest absolute Gasteiger partial charge is 0.0944 e. The van der Waals surface area contributed by atoms with E-state index < -0.39 is 0 Å². The van der Waals surface area contributed by atoms with Gasteiger partial charge in [0, 0.05) is 23.5 Å². The van der Waals surface area contributed by atoms with Crippen LogP contribution in [0.5, 0.6) is 0 Å². The number of nitrogens with one attached hydrogen (secondary N) is 1. The molecule has 0 fully saturated rings. The molecule has 0 aliphatic rings. The molecular weight excluding hydrogens is 230 g/mol. The first-order valence-corrected chi connectivity index (χ1v) is 7.46. The van der Waals surface area contributed by atoms with E-state index in [1.807, 2.05) is 6.92 Å². The summed E-state index contributed by atoms with van der Waals surface area (Å²) in [6.07, 6.45) is 5.89. The lowest BCUT2D eigenvalue weighted by molar-refractivity contribution is 0.311. The molecule has 98 valence electrons. The standard InChI is InChI=1S/C13H25N3S/c1-4-6-11(7-5-2)12(16-14)8-13-15-10(3)9-17-13/h9,11-12,16H,4-8,14H2,1-3H3. The van der Waals surface area contributed by atoms with Crippen molar-refractivity contribution in [1.82, 2.24) is 10.4 Å². The van der Waals surface area contributed by atoms with E-state index in [-0.39, 0.29) is 0 Å². The summed E-state index contributed by atoms with van der Waals surface area (Å²) in [6, 6.07) is 0.362. The van der Waals surface area contributed by atoms with Crippen molar-refractivity contribution >= 4 is 11.3 Å². The Hall–Kier alpha value is -0.450. The summed E-state index contributed by atoms with van der Waals surface area (Å²) in [5.41, 5.74) is 4.11. The van der Waals surface area contributed by atoms with Crippen LogP contribution in [0.25, 0.3) is 0 Å². The number of thiazole rings is 1. The van der Waals surface area contributed by atoms with E-state index in [9.17, 15) is 0 Å². The highest BCUT2D eigenvalue weighted by Gasteiger charge is 2.20. The highest BCUT2D eigenvalue weighted by atomic mass is 32.1. The lowest BCUT2D eigenvalue weighted by atomic mass is 9.89. The number of nitrogens with zero attached hydrogens (tertiary/aromatic N) is 1. The van der Waals surface area contributed by atoms with Crippen molar-refractivity contribution in [3.63, 3.8) is 0 Å². The predicted octanol–water partition coefficient (Wildman–Crippen LogP) is 3.04. The fourth-order valence-electron chi connectivity index (χ4n) is 2.33. The van der Waals surface area contributed by atoms with Crippen molar-refractivity contribution in [2.75, 3.05) is 0 Å². The number of aromatic nitrogens is 1. The van der Waals surface area contributed by atoms with Crippen molar-refractivity contribution in [3.8, 4) is 0 Å². The summed E-state index contributed by atoms with van der Waals surface area (Å²) in [6.45, 7) is 6.52. The third-order valence-corrected chi connectivity index (χ3v) is 4.15. The molecule has 1 atom stereocenters. The Balaban J connectivity index is 2.61. The molecule has 0 saturated carbocycles. The van der Waals surface area contributed by atoms with Gasteiger partial charge in [0.05, 0.1) is 5.01 Å². The summed E-state index contributed by atoms with van der Waals surface area (Å²) in [5.74, 6) is 6.38. The van der Waals surface area contributed by atoms with E-state index in [2.05, 4.69) is 29.6 Å². The van der Waals surface area contributed by atoms with Crippen molar-refractivity contribution in [1.29, 1.82) is 0 Å². The quantitative estimate of drug-likeness (QED) is 0.554. The molecule has 3 N–H and O–H groups in total. The molecule has 0 radical (unpaired) electrons. The minimum absolute atomic E-state index is 0.362. The minimum atomic E-state index is 0.362. The first-order valence-electron chi connectivity index (χ1n) is 6.58. The molecule has 0 aliphatic heterocycles. The lowest BCUT2D eigenvalue weighted by Gasteiger charge is -2.25. The SMILES string of the molecule is CCCC(CCC)C(Cc1nc(C)cs1)NN. The Morgan fingerprint density at radius 1 is 1.35 bits per heavy atom. The van der Waals surface area contributed by atoms with Crippen LogP contribution in [-0.4, -0.2) is 11.0 Å². The van der Waals surface area contributed by atoms with Gasteiger partial charge in [-0.1, -0.05) is 26.7 Å². The number of aryl methyl sites for hydroxylation is 1. The van der Waals surface area contributed by atoms with Gasteiger partial charge in [-0.2, -0.15) is 0 Å². The van der Waals surface area contributed by atoms with Crippen LogP contribution < -0.4 is 11.3 Å². The maximum atomic E-state index is 5.72. The summed E-state index contributed by atoms with van der Waals surface area (Å²) >= 11 is 1.74. The first-order chi connectivity index (χ1) is 8.21. The van der Waals surface area contributed by atoms with Crippen LogP contribution in [0.15, 0.2) is 5.38 Å². The van der Waals surface area contributed by atoms with E-state index in [0.29, 0.717) is 12.0 Å². The van der Waals surface area contributed by atoms with Crippen LogP contribution in [-0.2, 0) is 6.42 Å². The first kappa shape index (κ1) is 14.6. The topological polar surface area (TPSA) is 50.9 Å².